The van der Waals surface area contributed by atoms with Gasteiger partial charge in [-0.3, -0.25) is 4.79 Å². The van der Waals surface area contributed by atoms with E-state index in [-0.39, 0.29) is 12.1 Å². The van der Waals surface area contributed by atoms with Crippen LogP contribution in [0.15, 0.2) is 0 Å². The topological polar surface area (TPSA) is 46.5 Å². The summed E-state index contributed by atoms with van der Waals surface area (Å²) in [6.07, 6.45) is 12.5. The van der Waals surface area contributed by atoms with Crippen LogP contribution in [0.3, 0.4) is 0 Å². The molecule has 1 aliphatic rings. The molecule has 1 atom stereocenters. The summed E-state index contributed by atoms with van der Waals surface area (Å²) < 4.78 is 5.17. The van der Waals surface area contributed by atoms with E-state index in [9.17, 15) is 4.79 Å². The van der Waals surface area contributed by atoms with Crippen LogP contribution in [-0.4, -0.2) is 23.8 Å². The molecule has 100 valence electrons. The number of carbonyl (C=O) groups excluding carboxylic acids is 1. The van der Waals surface area contributed by atoms with E-state index >= 15 is 0 Å². The molecular formula is C14H26O3. The first kappa shape index (κ1) is 14.5. The zero-order valence-electron chi connectivity index (χ0n) is 10.8. The highest BCUT2D eigenvalue weighted by molar-refractivity contribution is 5.71. The van der Waals surface area contributed by atoms with Crippen molar-refractivity contribution in [3.63, 3.8) is 0 Å². The molecule has 1 N–H and O–H groups in total. The van der Waals surface area contributed by atoms with Gasteiger partial charge in [0, 0.05) is 13.0 Å². The lowest BCUT2D eigenvalue weighted by Gasteiger charge is -2.08. The largest absolute Gasteiger partial charge is 0.462 e. The van der Waals surface area contributed by atoms with Gasteiger partial charge in [0.05, 0.1) is 0 Å². The second-order valence-electron chi connectivity index (χ2n) is 4.99. The molecule has 17 heavy (non-hydrogen) atoms. The van der Waals surface area contributed by atoms with Crippen LogP contribution in [-0.2, 0) is 9.53 Å². The standard InChI is InChI=1S/C14H26O3/c15-12-8-6-4-2-1-3-5-7-9-13-10-11-14(16)17-13/h13,15H,1-12H2/t13-/m1/s1. The normalized spacial score (nSPS) is 19.6. The van der Waals surface area contributed by atoms with Gasteiger partial charge in [-0.2, -0.15) is 0 Å². The van der Waals surface area contributed by atoms with E-state index < -0.39 is 0 Å². The Balaban J connectivity index is 1.77. The van der Waals surface area contributed by atoms with Gasteiger partial charge >= 0.3 is 5.97 Å². The molecule has 0 radical (unpaired) electrons. The Morgan fingerprint density at radius 1 is 1.00 bits per heavy atom. The maximum atomic E-state index is 10.9. The van der Waals surface area contributed by atoms with Crippen LogP contribution < -0.4 is 0 Å². The van der Waals surface area contributed by atoms with Gasteiger partial charge in [0.25, 0.3) is 0 Å². The van der Waals surface area contributed by atoms with Crippen LogP contribution in [0.4, 0.5) is 0 Å². The van der Waals surface area contributed by atoms with E-state index in [1.807, 2.05) is 0 Å². The average molecular weight is 242 g/mol. The summed E-state index contributed by atoms with van der Waals surface area (Å²) >= 11 is 0. The number of hydrogen-bond donors (Lipinski definition) is 1. The highest BCUT2D eigenvalue weighted by Crippen LogP contribution is 2.20. The smallest absolute Gasteiger partial charge is 0.306 e. The fourth-order valence-corrected chi connectivity index (χ4v) is 2.33. The van der Waals surface area contributed by atoms with Crippen molar-refractivity contribution in [2.45, 2.75) is 76.7 Å². The minimum atomic E-state index is -0.0149. The number of cyclic esters (lactones) is 1. The summed E-state index contributed by atoms with van der Waals surface area (Å²) in [6, 6.07) is 0. The highest BCUT2D eigenvalue weighted by Gasteiger charge is 2.22. The summed E-state index contributed by atoms with van der Waals surface area (Å²) in [5.74, 6) is -0.0149. The second-order valence-corrected chi connectivity index (χ2v) is 4.99. The zero-order valence-corrected chi connectivity index (χ0v) is 10.8. The van der Waals surface area contributed by atoms with E-state index in [4.69, 9.17) is 9.84 Å². The summed E-state index contributed by atoms with van der Waals surface area (Å²) in [5.41, 5.74) is 0. The number of carbonyl (C=O) groups is 1. The molecule has 0 saturated carbocycles. The van der Waals surface area contributed by atoms with Crippen LogP contribution >= 0.6 is 0 Å². The van der Waals surface area contributed by atoms with Crippen molar-refractivity contribution < 1.29 is 14.6 Å². The lowest BCUT2D eigenvalue weighted by Crippen LogP contribution is -2.06. The van der Waals surface area contributed by atoms with Crippen LogP contribution in [0, 0.1) is 0 Å². The van der Waals surface area contributed by atoms with Gasteiger partial charge in [0.2, 0.25) is 0 Å². The van der Waals surface area contributed by atoms with Gasteiger partial charge in [0.15, 0.2) is 0 Å². The molecule has 0 spiro atoms. The predicted molar refractivity (Wildman–Crippen MR) is 67.8 cm³/mol. The molecular weight excluding hydrogens is 216 g/mol. The molecule has 3 nitrogen and oxygen atoms in total. The third-order valence-electron chi connectivity index (χ3n) is 3.40. The highest BCUT2D eigenvalue weighted by atomic mass is 16.5. The quantitative estimate of drug-likeness (QED) is 0.472. The van der Waals surface area contributed by atoms with Crippen molar-refractivity contribution in [2.75, 3.05) is 6.61 Å². The van der Waals surface area contributed by atoms with Gasteiger partial charge in [-0.25, -0.2) is 0 Å². The van der Waals surface area contributed by atoms with Crippen LogP contribution in [0.5, 0.6) is 0 Å². The summed E-state index contributed by atoms with van der Waals surface area (Å²) in [7, 11) is 0. The first-order valence-corrected chi connectivity index (χ1v) is 7.13. The Bertz CT molecular complexity index is 204. The maximum Gasteiger partial charge on any atom is 0.306 e. The lowest BCUT2D eigenvalue weighted by molar-refractivity contribution is -0.141. The SMILES string of the molecule is O=C1CC[C@@H](CCCCCCCCCCO)O1. The molecule has 1 heterocycles. The number of hydrogen-bond acceptors (Lipinski definition) is 3. The van der Waals surface area contributed by atoms with Gasteiger partial charge in [-0.1, -0.05) is 38.5 Å². The summed E-state index contributed by atoms with van der Waals surface area (Å²) in [6.45, 7) is 0.333. The molecule has 0 amide bonds. The summed E-state index contributed by atoms with van der Waals surface area (Å²) in [5, 5.41) is 8.63. The molecule has 0 unspecified atom stereocenters. The first-order valence-electron chi connectivity index (χ1n) is 7.13. The monoisotopic (exact) mass is 242 g/mol. The van der Waals surface area contributed by atoms with Gasteiger partial charge in [0.1, 0.15) is 6.10 Å². The summed E-state index contributed by atoms with van der Waals surface area (Å²) in [4.78, 5) is 10.9. The number of ether oxygens (including phenoxy) is 1. The molecule has 1 fully saturated rings. The molecule has 0 bridgehead atoms. The lowest BCUT2D eigenvalue weighted by atomic mass is 10.0. The molecule has 1 rings (SSSR count). The van der Waals surface area contributed by atoms with Crippen molar-refractivity contribution >= 4 is 5.97 Å². The van der Waals surface area contributed by atoms with E-state index in [0.29, 0.717) is 13.0 Å². The molecule has 0 aromatic rings. The molecule has 1 aliphatic heterocycles. The first-order chi connectivity index (χ1) is 8.33. The third-order valence-corrected chi connectivity index (χ3v) is 3.40. The molecule has 0 aromatic carbocycles. The predicted octanol–water partition coefficient (Wildman–Crippen LogP) is 3.20. The maximum absolute atomic E-state index is 10.9. The Morgan fingerprint density at radius 3 is 2.12 bits per heavy atom. The minimum Gasteiger partial charge on any atom is -0.462 e. The number of unbranched alkanes of at least 4 members (excludes halogenated alkanes) is 7. The number of aliphatic hydroxyl groups is 1. The van der Waals surface area contributed by atoms with Gasteiger partial charge < -0.3 is 9.84 Å². The Kier molecular flexibility index (Phi) is 8.06. The van der Waals surface area contributed by atoms with Crippen LogP contribution in [0.25, 0.3) is 0 Å². The van der Waals surface area contributed by atoms with Crippen molar-refractivity contribution in [1.29, 1.82) is 0 Å². The van der Waals surface area contributed by atoms with Crippen LogP contribution in [0.1, 0.15) is 70.6 Å². The number of rotatable bonds is 10. The molecule has 1 saturated heterocycles. The molecule has 3 heteroatoms. The Labute approximate surface area is 105 Å². The Hall–Kier alpha value is -0.570. The fourth-order valence-electron chi connectivity index (χ4n) is 2.33. The van der Waals surface area contributed by atoms with Crippen molar-refractivity contribution in [1.82, 2.24) is 0 Å². The molecule has 0 aliphatic carbocycles. The van der Waals surface area contributed by atoms with E-state index in [1.54, 1.807) is 0 Å². The average Bonchev–Trinajstić information content (AvgIpc) is 2.73. The Morgan fingerprint density at radius 2 is 1.59 bits per heavy atom. The number of aliphatic hydroxyl groups excluding tert-OH is 1. The van der Waals surface area contributed by atoms with Crippen molar-refractivity contribution in [3.8, 4) is 0 Å². The zero-order chi connectivity index (χ0) is 12.3. The van der Waals surface area contributed by atoms with Crippen LogP contribution in [0.2, 0.25) is 0 Å². The van der Waals surface area contributed by atoms with Gasteiger partial charge in [-0.05, 0) is 25.7 Å². The minimum absolute atomic E-state index is 0.0149. The van der Waals surface area contributed by atoms with Gasteiger partial charge in [-0.15, -0.1) is 0 Å². The second kappa shape index (κ2) is 9.46. The van der Waals surface area contributed by atoms with E-state index in [1.165, 1.54) is 38.5 Å². The molecule has 0 aromatic heterocycles. The van der Waals surface area contributed by atoms with Crippen molar-refractivity contribution in [3.05, 3.63) is 0 Å². The van der Waals surface area contributed by atoms with Crippen molar-refractivity contribution in [2.24, 2.45) is 0 Å². The number of esters is 1. The third kappa shape index (κ3) is 7.37. The van der Waals surface area contributed by atoms with E-state index in [0.717, 1.165) is 25.7 Å². The fraction of sp³-hybridized carbons (Fsp3) is 0.929. The van der Waals surface area contributed by atoms with E-state index in [2.05, 4.69) is 0 Å².